The van der Waals surface area contributed by atoms with Gasteiger partial charge in [-0.25, -0.2) is 0 Å². The lowest BCUT2D eigenvalue weighted by molar-refractivity contribution is -0.277. The van der Waals surface area contributed by atoms with Gasteiger partial charge in [0.15, 0.2) is 18.5 Å². The molecule has 1 aliphatic rings. The highest BCUT2D eigenvalue weighted by molar-refractivity contribution is 5.73. The van der Waals surface area contributed by atoms with E-state index in [1.165, 1.54) is 27.7 Å². The van der Waals surface area contributed by atoms with Crippen molar-refractivity contribution in [2.24, 2.45) is 0 Å². The number of amides is 1. The molecule has 1 amide bonds. The highest BCUT2D eigenvalue weighted by Gasteiger charge is 2.51. The largest absolute Gasteiger partial charge is 0.463 e. The van der Waals surface area contributed by atoms with Gasteiger partial charge >= 0.3 is 17.9 Å². The highest BCUT2D eigenvalue weighted by atomic mass is 16.7. The third kappa shape index (κ3) is 9.08. The second-order valence-corrected chi connectivity index (χ2v) is 7.15. The summed E-state index contributed by atoms with van der Waals surface area (Å²) in [5.41, 5.74) is 0. The van der Waals surface area contributed by atoms with Crippen molar-refractivity contribution in [3.63, 3.8) is 0 Å². The van der Waals surface area contributed by atoms with Gasteiger partial charge in [-0.05, 0) is 6.42 Å². The van der Waals surface area contributed by atoms with Crippen molar-refractivity contribution < 1.29 is 42.9 Å². The van der Waals surface area contributed by atoms with E-state index >= 15 is 0 Å². The molecule has 172 valence electrons. The van der Waals surface area contributed by atoms with E-state index in [0.29, 0.717) is 6.61 Å². The minimum Gasteiger partial charge on any atom is -0.463 e. The standard InChI is InChI=1S/C20H33NO9/c1-6-7-8-9-10-26-20-17(21-12(2)22)19(29-15(5)25)18(28-14(4)24)16(30-20)11-27-13(3)23/h16-20H,6-11H2,1-5H3,(H,21,22)/t16-,17-,18-,19-,20-/m1/s1. The molecule has 1 heterocycles. The average molecular weight is 431 g/mol. The Morgan fingerprint density at radius 1 is 0.867 bits per heavy atom. The molecule has 0 aromatic rings. The van der Waals surface area contributed by atoms with E-state index in [4.69, 9.17) is 23.7 Å². The van der Waals surface area contributed by atoms with Crippen molar-refractivity contribution in [2.45, 2.75) is 90.9 Å². The van der Waals surface area contributed by atoms with Gasteiger partial charge in [0.1, 0.15) is 18.8 Å². The van der Waals surface area contributed by atoms with E-state index in [-0.39, 0.29) is 6.61 Å². The number of hydrogen-bond acceptors (Lipinski definition) is 9. The summed E-state index contributed by atoms with van der Waals surface area (Å²) in [5, 5.41) is 2.66. The van der Waals surface area contributed by atoms with Gasteiger partial charge in [0.2, 0.25) is 5.91 Å². The van der Waals surface area contributed by atoms with E-state index < -0.39 is 54.5 Å². The molecule has 1 fully saturated rings. The van der Waals surface area contributed by atoms with Crippen LogP contribution in [0.3, 0.4) is 0 Å². The smallest absolute Gasteiger partial charge is 0.303 e. The monoisotopic (exact) mass is 431 g/mol. The molecule has 30 heavy (non-hydrogen) atoms. The molecule has 1 saturated heterocycles. The molecule has 1 N–H and O–H groups in total. The minimum absolute atomic E-state index is 0.243. The van der Waals surface area contributed by atoms with Crippen LogP contribution in [0.15, 0.2) is 0 Å². The zero-order valence-corrected chi connectivity index (χ0v) is 18.3. The summed E-state index contributed by atoms with van der Waals surface area (Å²) in [5.74, 6) is -2.23. The Kier molecular flexibility index (Phi) is 11.3. The molecule has 10 nitrogen and oxygen atoms in total. The Labute approximate surface area is 176 Å². The maximum absolute atomic E-state index is 11.8. The lowest BCUT2D eigenvalue weighted by Crippen LogP contribution is -2.66. The lowest BCUT2D eigenvalue weighted by atomic mass is 9.96. The maximum Gasteiger partial charge on any atom is 0.303 e. The van der Waals surface area contributed by atoms with Gasteiger partial charge in [-0.15, -0.1) is 0 Å². The first-order valence-corrected chi connectivity index (χ1v) is 10.2. The molecule has 1 aliphatic heterocycles. The van der Waals surface area contributed by atoms with Crippen LogP contribution in [-0.2, 0) is 42.9 Å². The van der Waals surface area contributed by atoms with E-state index in [9.17, 15) is 19.2 Å². The first kappa shape index (κ1) is 25.8. The van der Waals surface area contributed by atoms with Crippen molar-refractivity contribution >= 4 is 23.8 Å². The first-order chi connectivity index (χ1) is 14.1. The predicted molar refractivity (Wildman–Crippen MR) is 104 cm³/mol. The van der Waals surface area contributed by atoms with E-state index in [1.54, 1.807) is 0 Å². The molecule has 0 spiro atoms. The molecule has 5 atom stereocenters. The third-order valence-electron chi connectivity index (χ3n) is 4.35. The number of unbranched alkanes of at least 4 members (excludes halogenated alkanes) is 3. The van der Waals surface area contributed by atoms with Crippen LogP contribution in [0.2, 0.25) is 0 Å². The zero-order valence-electron chi connectivity index (χ0n) is 18.3. The summed E-state index contributed by atoms with van der Waals surface area (Å²) < 4.78 is 27.5. The molecule has 0 aliphatic carbocycles. The van der Waals surface area contributed by atoms with Crippen molar-refractivity contribution in [1.29, 1.82) is 0 Å². The Morgan fingerprint density at radius 3 is 2.03 bits per heavy atom. The van der Waals surface area contributed by atoms with Crippen molar-refractivity contribution in [3.8, 4) is 0 Å². The Balaban J connectivity index is 3.13. The average Bonchev–Trinajstić information content (AvgIpc) is 2.63. The van der Waals surface area contributed by atoms with Crippen LogP contribution in [0.5, 0.6) is 0 Å². The molecule has 0 unspecified atom stereocenters. The number of ether oxygens (including phenoxy) is 5. The SMILES string of the molecule is CCCCCCO[C@@H]1O[C@H](COC(C)=O)[C@@H](OC(C)=O)[C@H](OC(C)=O)[C@H]1NC(C)=O. The lowest BCUT2D eigenvalue weighted by Gasteiger charge is -2.44. The normalized spacial score (nSPS) is 25.8. The highest BCUT2D eigenvalue weighted by Crippen LogP contribution is 2.28. The van der Waals surface area contributed by atoms with E-state index in [2.05, 4.69) is 12.2 Å². The molecule has 0 radical (unpaired) electrons. The van der Waals surface area contributed by atoms with Crippen LogP contribution in [0.4, 0.5) is 0 Å². The van der Waals surface area contributed by atoms with Gasteiger partial charge in [0.25, 0.3) is 0 Å². The van der Waals surface area contributed by atoms with Gasteiger partial charge in [-0.3, -0.25) is 19.2 Å². The molecule has 0 aromatic heterocycles. The Bertz CT molecular complexity index is 595. The van der Waals surface area contributed by atoms with Crippen LogP contribution in [0.1, 0.15) is 60.3 Å². The predicted octanol–water partition coefficient (Wildman–Crippen LogP) is 1.24. The third-order valence-corrected chi connectivity index (χ3v) is 4.35. The summed E-state index contributed by atoms with van der Waals surface area (Å²) >= 11 is 0. The quantitative estimate of drug-likeness (QED) is 0.292. The van der Waals surface area contributed by atoms with Crippen LogP contribution in [-0.4, -0.2) is 67.7 Å². The molecule has 1 rings (SSSR count). The molecular weight excluding hydrogens is 398 g/mol. The summed E-state index contributed by atoms with van der Waals surface area (Å²) in [6.45, 7) is 7.13. The first-order valence-electron chi connectivity index (χ1n) is 10.2. The molecule has 0 bridgehead atoms. The zero-order chi connectivity index (χ0) is 22.7. The van der Waals surface area contributed by atoms with Crippen LogP contribution in [0.25, 0.3) is 0 Å². The van der Waals surface area contributed by atoms with Gasteiger partial charge in [-0.2, -0.15) is 0 Å². The number of esters is 3. The second kappa shape index (κ2) is 13.2. The van der Waals surface area contributed by atoms with E-state index in [0.717, 1.165) is 25.7 Å². The summed E-state index contributed by atoms with van der Waals surface area (Å²) in [4.78, 5) is 46.5. The van der Waals surface area contributed by atoms with Crippen LogP contribution < -0.4 is 5.32 Å². The number of carbonyl (C=O) groups excluding carboxylic acids is 4. The van der Waals surface area contributed by atoms with Crippen molar-refractivity contribution in [2.75, 3.05) is 13.2 Å². The van der Waals surface area contributed by atoms with Gasteiger partial charge in [0.05, 0.1) is 0 Å². The van der Waals surface area contributed by atoms with Gasteiger partial charge in [0, 0.05) is 34.3 Å². The van der Waals surface area contributed by atoms with Crippen LogP contribution in [0, 0.1) is 0 Å². The van der Waals surface area contributed by atoms with Gasteiger partial charge in [-0.1, -0.05) is 26.2 Å². The molecular formula is C20H33NO9. The fraction of sp³-hybridized carbons (Fsp3) is 0.800. The van der Waals surface area contributed by atoms with Crippen molar-refractivity contribution in [3.05, 3.63) is 0 Å². The number of rotatable bonds is 11. The minimum atomic E-state index is -1.11. The Hall–Kier alpha value is -2.20. The second-order valence-electron chi connectivity index (χ2n) is 7.15. The van der Waals surface area contributed by atoms with E-state index in [1.807, 2.05) is 0 Å². The van der Waals surface area contributed by atoms with Gasteiger partial charge < -0.3 is 29.0 Å². The maximum atomic E-state index is 11.8. The van der Waals surface area contributed by atoms with Crippen LogP contribution >= 0.6 is 0 Å². The molecule has 10 heteroatoms. The molecule has 0 saturated carbocycles. The summed E-state index contributed by atoms with van der Waals surface area (Å²) in [6.07, 6.45) is -0.274. The molecule has 0 aromatic carbocycles. The summed E-state index contributed by atoms with van der Waals surface area (Å²) in [6, 6.07) is -0.921. The number of carbonyl (C=O) groups is 4. The Morgan fingerprint density at radius 2 is 1.50 bits per heavy atom. The topological polar surface area (TPSA) is 126 Å². The number of hydrogen-bond donors (Lipinski definition) is 1. The van der Waals surface area contributed by atoms with Crippen molar-refractivity contribution in [1.82, 2.24) is 5.32 Å². The fourth-order valence-electron chi connectivity index (χ4n) is 3.16. The number of nitrogens with one attached hydrogen (secondary N) is 1. The summed E-state index contributed by atoms with van der Waals surface area (Å²) in [7, 11) is 0. The fourth-order valence-corrected chi connectivity index (χ4v) is 3.16.